The van der Waals surface area contributed by atoms with Crippen LogP contribution in [0, 0.1) is 0 Å². The summed E-state index contributed by atoms with van der Waals surface area (Å²) in [6.07, 6.45) is 1.32. The first-order valence-electron chi connectivity index (χ1n) is 7.84. The molecule has 5 heteroatoms. The van der Waals surface area contributed by atoms with Crippen molar-refractivity contribution >= 4 is 23.2 Å². The highest BCUT2D eigenvalue weighted by molar-refractivity contribution is 6.32. The molecule has 0 aromatic heterocycles. The fourth-order valence-corrected chi connectivity index (χ4v) is 2.81. The third-order valence-electron chi connectivity index (χ3n) is 4.09. The molecule has 1 saturated heterocycles. The molecule has 2 rings (SSSR count). The summed E-state index contributed by atoms with van der Waals surface area (Å²) >= 11 is 6.24. The zero-order chi connectivity index (χ0) is 16.1. The van der Waals surface area contributed by atoms with Gasteiger partial charge < -0.3 is 14.4 Å². The van der Waals surface area contributed by atoms with Gasteiger partial charge in [-0.25, -0.2) is 0 Å². The number of hydrogen-bond donors (Lipinski definition) is 0. The average molecular weight is 326 g/mol. The van der Waals surface area contributed by atoms with Gasteiger partial charge in [-0.3, -0.25) is 4.79 Å². The molecule has 1 aliphatic heterocycles. The molecule has 3 atom stereocenters. The molecule has 1 aliphatic rings. The van der Waals surface area contributed by atoms with Gasteiger partial charge in [-0.05, 0) is 31.4 Å². The number of halogens is 1. The Bertz CT molecular complexity index is 502. The maximum absolute atomic E-state index is 12.8. The monoisotopic (exact) mass is 325 g/mol. The predicted molar refractivity (Wildman–Crippen MR) is 88.4 cm³/mol. The first-order chi connectivity index (χ1) is 10.6. The van der Waals surface area contributed by atoms with Crippen LogP contribution in [0.5, 0.6) is 0 Å². The Kier molecular flexibility index (Phi) is 6.24. The van der Waals surface area contributed by atoms with Gasteiger partial charge in [-0.2, -0.15) is 0 Å². The SMILES string of the molecule is CCc1ccccc1N(C(=O)C(Cl)CC)C(C)C1COCO1. The highest BCUT2D eigenvalue weighted by Gasteiger charge is 2.34. The Labute approximate surface area is 137 Å². The Hall–Kier alpha value is -1.10. The molecular formula is C17H24ClNO3. The summed E-state index contributed by atoms with van der Waals surface area (Å²) in [5.41, 5.74) is 2.04. The van der Waals surface area contributed by atoms with E-state index in [1.165, 1.54) is 0 Å². The summed E-state index contributed by atoms with van der Waals surface area (Å²) in [6, 6.07) is 7.83. The third kappa shape index (κ3) is 3.62. The van der Waals surface area contributed by atoms with Crippen LogP contribution in [0.25, 0.3) is 0 Å². The molecule has 0 saturated carbocycles. The second-order valence-electron chi connectivity index (χ2n) is 5.50. The third-order valence-corrected chi connectivity index (χ3v) is 4.58. The van der Waals surface area contributed by atoms with Gasteiger partial charge >= 0.3 is 0 Å². The van der Waals surface area contributed by atoms with Crippen LogP contribution in [0.4, 0.5) is 5.69 Å². The van der Waals surface area contributed by atoms with Gasteiger partial charge in [0.1, 0.15) is 18.3 Å². The van der Waals surface area contributed by atoms with E-state index >= 15 is 0 Å². The molecule has 1 aromatic rings. The number of nitrogens with zero attached hydrogens (tertiary/aromatic N) is 1. The first kappa shape index (κ1) is 17.3. The Morgan fingerprint density at radius 2 is 2.14 bits per heavy atom. The normalized spacial score (nSPS) is 20.6. The van der Waals surface area contributed by atoms with Crippen molar-refractivity contribution in [3.63, 3.8) is 0 Å². The van der Waals surface area contributed by atoms with Crippen molar-refractivity contribution in [3.05, 3.63) is 29.8 Å². The number of anilines is 1. The van der Waals surface area contributed by atoms with Crippen LogP contribution in [0.15, 0.2) is 24.3 Å². The van der Waals surface area contributed by atoms with Crippen LogP contribution >= 0.6 is 11.6 Å². The van der Waals surface area contributed by atoms with E-state index in [9.17, 15) is 4.79 Å². The Balaban J connectivity index is 2.38. The van der Waals surface area contributed by atoms with E-state index in [0.29, 0.717) is 13.0 Å². The largest absolute Gasteiger partial charge is 0.353 e. The maximum Gasteiger partial charge on any atom is 0.245 e. The average Bonchev–Trinajstić information content (AvgIpc) is 3.09. The summed E-state index contributed by atoms with van der Waals surface area (Å²) in [5, 5.41) is -0.533. The molecular weight excluding hydrogens is 302 g/mol. The number of aryl methyl sites for hydroxylation is 1. The molecule has 0 spiro atoms. The number of ether oxygens (including phenoxy) is 2. The van der Waals surface area contributed by atoms with E-state index in [4.69, 9.17) is 21.1 Å². The van der Waals surface area contributed by atoms with Gasteiger partial charge in [-0.1, -0.05) is 32.0 Å². The van der Waals surface area contributed by atoms with Crippen LogP contribution < -0.4 is 4.90 Å². The summed E-state index contributed by atoms with van der Waals surface area (Å²) in [4.78, 5) is 14.6. The molecule has 1 amide bonds. The fourth-order valence-electron chi connectivity index (χ4n) is 2.70. The molecule has 0 bridgehead atoms. The molecule has 0 radical (unpaired) electrons. The quantitative estimate of drug-likeness (QED) is 0.753. The second kappa shape index (κ2) is 7.95. The number of hydrogen-bond acceptors (Lipinski definition) is 3. The molecule has 4 nitrogen and oxygen atoms in total. The van der Waals surface area contributed by atoms with E-state index in [1.807, 2.05) is 38.1 Å². The molecule has 22 heavy (non-hydrogen) atoms. The number of amides is 1. The Morgan fingerprint density at radius 3 is 2.73 bits per heavy atom. The molecule has 1 aromatic carbocycles. The summed E-state index contributed by atoms with van der Waals surface area (Å²) < 4.78 is 10.9. The fraction of sp³-hybridized carbons (Fsp3) is 0.588. The van der Waals surface area contributed by atoms with Crippen LogP contribution in [0.2, 0.25) is 0 Å². The van der Waals surface area contributed by atoms with Gasteiger partial charge in [0.2, 0.25) is 5.91 Å². The molecule has 1 heterocycles. The number of para-hydroxylation sites is 1. The lowest BCUT2D eigenvalue weighted by molar-refractivity contribution is -0.119. The van der Waals surface area contributed by atoms with Crippen molar-refractivity contribution in [1.82, 2.24) is 0 Å². The Morgan fingerprint density at radius 1 is 1.41 bits per heavy atom. The highest BCUT2D eigenvalue weighted by atomic mass is 35.5. The minimum atomic E-state index is -0.533. The molecule has 3 unspecified atom stereocenters. The summed E-state index contributed by atoms with van der Waals surface area (Å²) in [6.45, 7) is 6.77. The van der Waals surface area contributed by atoms with Crippen molar-refractivity contribution in [2.24, 2.45) is 0 Å². The number of alkyl halides is 1. The second-order valence-corrected chi connectivity index (χ2v) is 6.03. The van der Waals surface area contributed by atoms with Crippen molar-refractivity contribution in [2.75, 3.05) is 18.3 Å². The van der Waals surface area contributed by atoms with Crippen molar-refractivity contribution in [3.8, 4) is 0 Å². The van der Waals surface area contributed by atoms with Crippen LogP contribution in [-0.4, -0.2) is 36.8 Å². The lowest BCUT2D eigenvalue weighted by Gasteiger charge is -2.34. The lowest BCUT2D eigenvalue weighted by Crippen LogP contribution is -2.49. The maximum atomic E-state index is 12.8. The predicted octanol–water partition coefficient (Wildman–Crippen LogP) is 3.36. The first-order valence-corrected chi connectivity index (χ1v) is 8.28. The molecule has 0 aliphatic carbocycles. The smallest absolute Gasteiger partial charge is 0.245 e. The van der Waals surface area contributed by atoms with Crippen molar-refractivity contribution in [1.29, 1.82) is 0 Å². The van der Waals surface area contributed by atoms with E-state index in [1.54, 1.807) is 4.90 Å². The van der Waals surface area contributed by atoms with Gasteiger partial charge in [-0.15, -0.1) is 11.6 Å². The van der Waals surface area contributed by atoms with Crippen molar-refractivity contribution < 1.29 is 14.3 Å². The number of carbonyl (C=O) groups is 1. The van der Waals surface area contributed by atoms with E-state index in [2.05, 4.69) is 6.92 Å². The van der Waals surface area contributed by atoms with Gasteiger partial charge in [0.15, 0.2) is 0 Å². The van der Waals surface area contributed by atoms with Crippen molar-refractivity contribution in [2.45, 2.75) is 51.1 Å². The summed E-state index contributed by atoms with van der Waals surface area (Å²) in [5.74, 6) is -0.0759. The van der Waals surface area contributed by atoms with Crippen LogP contribution in [0.1, 0.15) is 32.8 Å². The van der Waals surface area contributed by atoms with Gasteiger partial charge in [0.05, 0.1) is 12.6 Å². The highest BCUT2D eigenvalue weighted by Crippen LogP contribution is 2.28. The molecule has 122 valence electrons. The zero-order valence-corrected chi connectivity index (χ0v) is 14.2. The number of rotatable bonds is 6. The topological polar surface area (TPSA) is 38.8 Å². The molecule has 0 N–H and O–H groups in total. The van der Waals surface area contributed by atoms with Crippen LogP contribution in [-0.2, 0) is 20.7 Å². The van der Waals surface area contributed by atoms with Gasteiger partial charge in [0.25, 0.3) is 0 Å². The minimum Gasteiger partial charge on any atom is -0.353 e. The summed E-state index contributed by atoms with van der Waals surface area (Å²) in [7, 11) is 0. The minimum absolute atomic E-state index is 0.0759. The van der Waals surface area contributed by atoms with E-state index in [0.717, 1.165) is 17.7 Å². The lowest BCUT2D eigenvalue weighted by atomic mass is 10.0. The standard InChI is InChI=1S/C17H24ClNO3/c1-4-13-8-6-7-9-15(13)19(17(20)14(18)5-2)12(3)16-10-21-11-22-16/h6-9,12,14,16H,4-5,10-11H2,1-3H3. The van der Waals surface area contributed by atoms with E-state index in [-0.39, 0.29) is 24.8 Å². The zero-order valence-electron chi connectivity index (χ0n) is 13.4. The van der Waals surface area contributed by atoms with Crippen LogP contribution in [0.3, 0.4) is 0 Å². The number of benzene rings is 1. The van der Waals surface area contributed by atoms with E-state index < -0.39 is 5.38 Å². The molecule has 1 fully saturated rings. The van der Waals surface area contributed by atoms with Gasteiger partial charge in [0, 0.05) is 5.69 Å². The number of carbonyl (C=O) groups excluding carboxylic acids is 1.